The minimum Gasteiger partial charge on any atom is -0.354 e. The van der Waals surface area contributed by atoms with Gasteiger partial charge in [0.15, 0.2) is 5.16 Å². The molecule has 1 fully saturated rings. The lowest BCUT2D eigenvalue weighted by Crippen LogP contribution is -2.46. The maximum atomic E-state index is 12.2. The van der Waals surface area contributed by atoms with E-state index in [1.165, 1.54) is 0 Å². The second kappa shape index (κ2) is 11.7. The molecule has 1 aliphatic heterocycles. The molecular weight excluding hydrogens is 418 g/mol. The number of thioether (sulfide) groups is 1. The molecule has 6 nitrogen and oxygen atoms in total. The minimum atomic E-state index is -0.0151. The van der Waals surface area contributed by atoms with Gasteiger partial charge in [-0.1, -0.05) is 58.5 Å². The molecular formula is C25H37N5OS. The summed E-state index contributed by atoms with van der Waals surface area (Å²) in [6.45, 7) is 16.7. The van der Waals surface area contributed by atoms with Crippen molar-refractivity contribution in [3.05, 3.63) is 47.2 Å². The highest BCUT2D eigenvalue weighted by molar-refractivity contribution is 7.98. The molecule has 2 aromatic rings. The summed E-state index contributed by atoms with van der Waals surface area (Å²) in [6, 6.07) is 10.00. The summed E-state index contributed by atoms with van der Waals surface area (Å²) in [5.74, 6) is 2.60. The van der Waals surface area contributed by atoms with Crippen molar-refractivity contribution in [3.63, 3.8) is 0 Å². The van der Waals surface area contributed by atoms with Crippen molar-refractivity contribution in [2.75, 3.05) is 44.2 Å². The molecule has 1 amide bonds. The van der Waals surface area contributed by atoms with Crippen molar-refractivity contribution < 1.29 is 4.79 Å². The summed E-state index contributed by atoms with van der Waals surface area (Å²) in [6.07, 6.45) is 0. The first-order valence-corrected chi connectivity index (χ1v) is 12.7. The van der Waals surface area contributed by atoms with Crippen LogP contribution in [0.5, 0.6) is 0 Å². The van der Waals surface area contributed by atoms with Crippen LogP contribution < -0.4 is 10.2 Å². The Morgan fingerprint density at radius 3 is 2.34 bits per heavy atom. The first-order chi connectivity index (χ1) is 15.4. The Kier molecular flexibility index (Phi) is 8.93. The van der Waals surface area contributed by atoms with Crippen LogP contribution in [-0.2, 0) is 5.75 Å². The van der Waals surface area contributed by atoms with E-state index in [1.807, 2.05) is 24.3 Å². The summed E-state index contributed by atoms with van der Waals surface area (Å²) >= 11 is 1.66. The molecule has 3 rings (SSSR count). The van der Waals surface area contributed by atoms with Crippen LogP contribution >= 0.6 is 11.8 Å². The van der Waals surface area contributed by atoms with Crippen LogP contribution in [0.1, 0.15) is 62.2 Å². The maximum absolute atomic E-state index is 12.2. The number of nitrogens with zero attached hydrogens (tertiary/aromatic N) is 4. The van der Waals surface area contributed by atoms with Gasteiger partial charge in [0.1, 0.15) is 5.82 Å². The highest BCUT2D eigenvalue weighted by Gasteiger charge is 2.19. The van der Waals surface area contributed by atoms with E-state index in [0.29, 0.717) is 23.9 Å². The molecule has 0 unspecified atom stereocenters. The molecule has 0 aliphatic carbocycles. The summed E-state index contributed by atoms with van der Waals surface area (Å²) < 4.78 is 0. The summed E-state index contributed by atoms with van der Waals surface area (Å²) in [5, 5.41) is 3.79. The van der Waals surface area contributed by atoms with E-state index < -0.39 is 0 Å². The quantitative estimate of drug-likeness (QED) is 0.446. The van der Waals surface area contributed by atoms with Crippen molar-refractivity contribution in [1.82, 2.24) is 20.2 Å². The predicted octanol–water partition coefficient (Wildman–Crippen LogP) is 4.42. The van der Waals surface area contributed by atoms with Gasteiger partial charge in [-0.15, -0.1) is 0 Å². The van der Waals surface area contributed by atoms with E-state index in [9.17, 15) is 4.79 Å². The van der Waals surface area contributed by atoms with E-state index in [2.05, 4.69) is 55.8 Å². The van der Waals surface area contributed by atoms with Crippen LogP contribution in [0.15, 0.2) is 35.5 Å². The second-order valence-electron chi connectivity index (χ2n) is 9.10. The molecule has 1 aromatic carbocycles. The lowest BCUT2D eigenvalue weighted by atomic mass is 10.1. The highest BCUT2D eigenvalue weighted by atomic mass is 32.2. The van der Waals surface area contributed by atoms with Crippen molar-refractivity contribution in [1.29, 1.82) is 0 Å². The molecule has 32 heavy (non-hydrogen) atoms. The van der Waals surface area contributed by atoms with Gasteiger partial charge >= 0.3 is 0 Å². The third-order valence-electron chi connectivity index (χ3n) is 5.70. The van der Waals surface area contributed by atoms with Crippen molar-refractivity contribution in [3.8, 4) is 0 Å². The number of benzene rings is 1. The Hall–Kier alpha value is -2.12. The third-order valence-corrected chi connectivity index (χ3v) is 6.62. The average molecular weight is 456 g/mol. The van der Waals surface area contributed by atoms with Crippen LogP contribution in [0.4, 0.5) is 5.82 Å². The van der Waals surface area contributed by atoms with Crippen molar-refractivity contribution in [2.24, 2.45) is 5.92 Å². The zero-order chi connectivity index (χ0) is 23.1. The molecule has 0 radical (unpaired) electrons. The van der Waals surface area contributed by atoms with Gasteiger partial charge in [0.2, 0.25) is 0 Å². The predicted molar refractivity (Wildman–Crippen MR) is 134 cm³/mol. The highest BCUT2D eigenvalue weighted by Crippen LogP contribution is 2.26. The Labute approximate surface area is 197 Å². The molecule has 2 heterocycles. The third kappa shape index (κ3) is 6.94. The lowest BCUT2D eigenvalue weighted by Gasteiger charge is -2.35. The van der Waals surface area contributed by atoms with Gasteiger partial charge in [0, 0.05) is 55.8 Å². The molecule has 0 spiro atoms. The minimum absolute atomic E-state index is 0.0151. The van der Waals surface area contributed by atoms with E-state index in [1.54, 1.807) is 11.8 Å². The molecule has 7 heteroatoms. The monoisotopic (exact) mass is 455 g/mol. The molecule has 0 atom stereocenters. The Morgan fingerprint density at radius 1 is 1.06 bits per heavy atom. The normalized spacial score (nSPS) is 14.9. The number of anilines is 1. The van der Waals surface area contributed by atoms with Crippen LogP contribution in [-0.4, -0.2) is 60.0 Å². The molecule has 0 bridgehead atoms. The van der Waals surface area contributed by atoms with E-state index in [-0.39, 0.29) is 5.91 Å². The fourth-order valence-electron chi connectivity index (χ4n) is 3.54. The number of carbonyl (C=O) groups is 1. The van der Waals surface area contributed by atoms with Gasteiger partial charge < -0.3 is 15.1 Å². The van der Waals surface area contributed by atoms with E-state index in [4.69, 9.17) is 9.97 Å². The fraction of sp³-hybridized carbons (Fsp3) is 0.560. The molecule has 0 saturated carbocycles. The number of amides is 1. The number of rotatable bonds is 9. The summed E-state index contributed by atoms with van der Waals surface area (Å²) in [4.78, 5) is 26.8. The van der Waals surface area contributed by atoms with Crippen molar-refractivity contribution >= 4 is 23.5 Å². The second-order valence-corrected chi connectivity index (χ2v) is 10.0. The number of carbonyl (C=O) groups excluding carboxylic acids is 1. The fourth-order valence-corrected chi connectivity index (χ4v) is 4.36. The Bertz CT molecular complexity index is 876. The zero-order valence-corrected chi connectivity index (χ0v) is 20.9. The lowest BCUT2D eigenvalue weighted by molar-refractivity contribution is 0.0949. The van der Waals surface area contributed by atoms with Gasteiger partial charge in [-0.3, -0.25) is 4.79 Å². The van der Waals surface area contributed by atoms with E-state index >= 15 is 0 Å². The number of hydrogen-bond acceptors (Lipinski definition) is 6. The first kappa shape index (κ1) is 24.5. The van der Waals surface area contributed by atoms with Gasteiger partial charge in [-0.05, 0) is 36.1 Å². The van der Waals surface area contributed by atoms with Crippen LogP contribution in [0, 0.1) is 5.92 Å². The zero-order valence-electron chi connectivity index (χ0n) is 20.1. The van der Waals surface area contributed by atoms with Gasteiger partial charge in [-0.25, -0.2) is 9.97 Å². The number of likely N-dealkylation sites (N-methyl/N-ethyl adjacent to an activating group) is 1. The molecule has 1 N–H and O–H groups in total. The largest absolute Gasteiger partial charge is 0.354 e. The maximum Gasteiger partial charge on any atom is 0.251 e. The van der Waals surface area contributed by atoms with Crippen LogP contribution in [0.25, 0.3) is 0 Å². The Morgan fingerprint density at radius 2 is 1.75 bits per heavy atom. The Balaban J connectivity index is 1.65. The van der Waals surface area contributed by atoms with Crippen LogP contribution in [0.3, 0.4) is 0 Å². The smallest absolute Gasteiger partial charge is 0.251 e. The SMILES string of the molecule is CCN1CCN(c2cc(C(C)C)nc(SCc3ccc(C(=O)NCC(C)C)cc3)n2)CC1. The van der Waals surface area contributed by atoms with Gasteiger partial charge in [0.25, 0.3) is 5.91 Å². The first-order valence-electron chi connectivity index (χ1n) is 11.7. The summed E-state index contributed by atoms with van der Waals surface area (Å²) in [7, 11) is 0. The molecule has 174 valence electrons. The average Bonchev–Trinajstić information content (AvgIpc) is 2.81. The van der Waals surface area contributed by atoms with E-state index in [0.717, 1.165) is 60.7 Å². The number of hydrogen-bond donors (Lipinski definition) is 1. The van der Waals surface area contributed by atoms with Gasteiger partial charge in [0.05, 0.1) is 0 Å². The molecule has 1 saturated heterocycles. The topological polar surface area (TPSA) is 61.4 Å². The molecule has 1 aromatic heterocycles. The van der Waals surface area contributed by atoms with Gasteiger partial charge in [-0.2, -0.15) is 0 Å². The van der Waals surface area contributed by atoms with Crippen molar-refractivity contribution in [2.45, 2.75) is 51.4 Å². The standard InChI is InChI=1S/C25H37N5OS/c1-6-29-11-13-30(14-12-29)23-15-22(19(4)5)27-25(28-23)32-17-20-7-9-21(10-8-20)24(31)26-16-18(2)3/h7-10,15,18-19H,6,11-14,16-17H2,1-5H3,(H,26,31). The number of nitrogens with one attached hydrogen (secondary N) is 1. The van der Waals surface area contributed by atoms with Crippen LogP contribution in [0.2, 0.25) is 0 Å². The number of aromatic nitrogens is 2. The number of piperazine rings is 1. The molecule has 1 aliphatic rings. The summed E-state index contributed by atoms with van der Waals surface area (Å²) in [5.41, 5.74) is 2.95.